The van der Waals surface area contributed by atoms with Crippen LogP contribution in [0.1, 0.15) is 34.0 Å². The Hall–Kier alpha value is -2.73. The van der Waals surface area contributed by atoms with E-state index >= 15 is 0 Å². The number of fused-ring (bicyclic) bond motifs is 1. The fraction of sp³-hybridized carbons (Fsp3) is 0.286. The fourth-order valence-electron chi connectivity index (χ4n) is 2.82. The molecule has 3 aromatic rings. The number of esters is 1. The molecule has 0 fully saturated rings. The molecule has 0 atom stereocenters. The number of aryl methyl sites for hydroxylation is 3. The number of benzene rings is 2. The highest BCUT2D eigenvalue weighted by Gasteiger charge is 2.14. The Bertz CT molecular complexity index is 1090. The minimum Gasteiger partial charge on any atom is -0.465 e. The quantitative estimate of drug-likeness (QED) is 0.642. The molecule has 0 aliphatic rings. The second-order valence-corrected chi connectivity index (χ2v) is 7.48. The fourth-order valence-corrected chi connectivity index (χ4v) is 3.93. The van der Waals surface area contributed by atoms with Crippen molar-refractivity contribution in [1.29, 1.82) is 0 Å². The molecule has 0 N–H and O–H groups in total. The van der Waals surface area contributed by atoms with Gasteiger partial charge in [0.05, 0.1) is 16.8 Å². The van der Waals surface area contributed by atoms with Crippen LogP contribution in [0, 0.1) is 20.8 Å². The normalized spacial score (nSPS) is 11.8. The predicted octanol–water partition coefficient (Wildman–Crippen LogP) is 3.93. The van der Waals surface area contributed by atoms with E-state index in [9.17, 15) is 9.59 Å². The van der Waals surface area contributed by atoms with Crippen LogP contribution in [0.3, 0.4) is 0 Å². The first kappa shape index (κ1) is 19.0. The van der Waals surface area contributed by atoms with Gasteiger partial charge in [-0.15, -0.1) is 0 Å². The van der Waals surface area contributed by atoms with Gasteiger partial charge < -0.3 is 9.30 Å². The lowest BCUT2D eigenvalue weighted by Gasteiger charge is -2.06. The number of ether oxygens (including phenoxy) is 1. The Morgan fingerprint density at radius 2 is 1.85 bits per heavy atom. The lowest BCUT2D eigenvalue weighted by Crippen LogP contribution is -2.23. The van der Waals surface area contributed by atoms with E-state index in [-0.39, 0.29) is 18.4 Å². The van der Waals surface area contributed by atoms with Gasteiger partial charge in [0.2, 0.25) is 0 Å². The van der Waals surface area contributed by atoms with Gasteiger partial charge in [0.1, 0.15) is 6.54 Å². The zero-order valence-electron chi connectivity index (χ0n) is 15.9. The second-order valence-electron chi connectivity index (χ2n) is 6.47. The van der Waals surface area contributed by atoms with Gasteiger partial charge in [-0.05, 0) is 63.1 Å². The summed E-state index contributed by atoms with van der Waals surface area (Å²) in [7, 11) is 0. The molecular formula is C21H22N2O3S. The average molecular weight is 382 g/mol. The number of carbonyl (C=O) groups excluding carboxylic acids is 2. The van der Waals surface area contributed by atoms with E-state index in [1.807, 2.05) is 45.0 Å². The molecule has 0 spiro atoms. The minimum atomic E-state index is -0.347. The molecule has 0 bridgehead atoms. The Morgan fingerprint density at radius 1 is 1.11 bits per heavy atom. The molecule has 0 saturated heterocycles. The van der Waals surface area contributed by atoms with Crippen LogP contribution < -0.4 is 4.80 Å². The minimum absolute atomic E-state index is 0.0241. The van der Waals surface area contributed by atoms with Gasteiger partial charge in [0.15, 0.2) is 4.80 Å². The molecule has 5 nitrogen and oxygen atoms in total. The first-order chi connectivity index (χ1) is 12.9. The van der Waals surface area contributed by atoms with Crippen molar-refractivity contribution in [2.75, 3.05) is 6.61 Å². The van der Waals surface area contributed by atoms with Gasteiger partial charge in [0.25, 0.3) is 5.91 Å². The van der Waals surface area contributed by atoms with Crippen LogP contribution in [-0.2, 0) is 16.1 Å². The summed E-state index contributed by atoms with van der Waals surface area (Å²) >= 11 is 1.40. The number of thiazole rings is 1. The molecule has 0 aliphatic heterocycles. The molecule has 0 unspecified atom stereocenters. The van der Waals surface area contributed by atoms with Crippen LogP contribution in [-0.4, -0.2) is 23.1 Å². The third kappa shape index (κ3) is 4.17. The molecule has 0 saturated carbocycles. The highest BCUT2D eigenvalue weighted by Crippen LogP contribution is 2.22. The van der Waals surface area contributed by atoms with E-state index in [2.05, 4.69) is 11.1 Å². The molecule has 0 aliphatic carbocycles. The third-order valence-corrected chi connectivity index (χ3v) is 5.39. The molecule has 6 heteroatoms. The summed E-state index contributed by atoms with van der Waals surface area (Å²) in [6, 6.07) is 11.4. The third-order valence-electron chi connectivity index (χ3n) is 4.35. The Kier molecular flexibility index (Phi) is 5.56. The number of amides is 1. The Balaban J connectivity index is 2.15. The van der Waals surface area contributed by atoms with Gasteiger partial charge >= 0.3 is 5.97 Å². The van der Waals surface area contributed by atoms with E-state index < -0.39 is 0 Å². The summed E-state index contributed by atoms with van der Waals surface area (Å²) in [4.78, 5) is 29.6. The van der Waals surface area contributed by atoms with Gasteiger partial charge in [-0.3, -0.25) is 9.59 Å². The van der Waals surface area contributed by atoms with Crippen molar-refractivity contribution in [3.05, 3.63) is 63.5 Å². The smallest absolute Gasteiger partial charge is 0.326 e. The van der Waals surface area contributed by atoms with E-state index in [0.717, 1.165) is 26.9 Å². The van der Waals surface area contributed by atoms with Gasteiger partial charge in [-0.1, -0.05) is 29.0 Å². The summed E-state index contributed by atoms with van der Waals surface area (Å²) in [5.41, 5.74) is 4.69. The maximum absolute atomic E-state index is 12.7. The maximum atomic E-state index is 12.7. The zero-order chi connectivity index (χ0) is 19.6. The number of carbonyl (C=O) groups is 2. The van der Waals surface area contributed by atoms with Gasteiger partial charge in [0, 0.05) is 5.56 Å². The van der Waals surface area contributed by atoms with Crippen molar-refractivity contribution < 1.29 is 14.3 Å². The summed E-state index contributed by atoms with van der Waals surface area (Å²) in [6.07, 6.45) is 0. The average Bonchev–Trinajstić information content (AvgIpc) is 2.92. The van der Waals surface area contributed by atoms with Crippen molar-refractivity contribution >= 4 is 33.4 Å². The summed E-state index contributed by atoms with van der Waals surface area (Å²) in [5, 5.41) is 0. The van der Waals surface area contributed by atoms with Crippen molar-refractivity contribution in [3.63, 3.8) is 0 Å². The van der Waals surface area contributed by atoms with Crippen molar-refractivity contribution in [1.82, 2.24) is 4.57 Å². The second kappa shape index (κ2) is 7.88. The lowest BCUT2D eigenvalue weighted by molar-refractivity contribution is -0.143. The molecule has 0 radical (unpaired) electrons. The van der Waals surface area contributed by atoms with E-state index in [1.165, 1.54) is 11.3 Å². The highest BCUT2D eigenvalue weighted by atomic mass is 32.1. The van der Waals surface area contributed by atoms with E-state index in [0.29, 0.717) is 17.0 Å². The number of hydrogen-bond acceptors (Lipinski definition) is 4. The number of hydrogen-bond donors (Lipinski definition) is 0. The van der Waals surface area contributed by atoms with Crippen molar-refractivity contribution in [2.24, 2.45) is 4.99 Å². The number of nitrogens with zero attached hydrogens (tertiary/aromatic N) is 2. The van der Waals surface area contributed by atoms with E-state index in [4.69, 9.17) is 4.74 Å². The number of aromatic nitrogens is 1. The molecule has 2 aromatic carbocycles. The van der Waals surface area contributed by atoms with Crippen LogP contribution >= 0.6 is 11.3 Å². The molecule has 1 amide bonds. The highest BCUT2D eigenvalue weighted by molar-refractivity contribution is 7.16. The van der Waals surface area contributed by atoms with Crippen LogP contribution in [0.25, 0.3) is 10.2 Å². The van der Waals surface area contributed by atoms with Gasteiger partial charge in [-0.2, -0.15) is 4.99 Å². The molecular weight excluding hydrogens is 360 g/mol. The zero-order valence-corrected chi connectivity index (χ0v) is 16.7. The van der Waals surface area contributed by atoms with Crippen molar-refractivity contribution in [3.8, 4) is 0 Å². The Labute approximate surface area is 161 Å². The Morgan fingerprint density at radius 3 is 2.56 bits per heavy atom. The predicted molar refractivity (Wildman–Crippen MR) is 107 cm³/mol. The monoisotopic (exact) mass is 382 g/mol. The molecule has 140 valence electrons. The number of rotatable bonds is 4. The topological polar surface area (TPSA) is 60.7 Å². The molecule has 1 heterocycles. The standard InChI is InChI=1S/C21H22N2O3S/c1-5-26-19(24)12-23-17-10-14(3)15(4)11-18(17)27-21(23)22-20(25)16-8-6-7-13(2)9-16/h6-11H,5,12H2,1-4H3. The van der Waals surface area contributed by atoms with Crippen LogP contribution in [0.4, 0.5) is 0 Å². The molecule has 3 rings (SSSR count). The van der Waals surface area contributed by atoms with Crippen LogP contribution in [0.15, 0.2) is 41.4 Å². The molecule has 1 aromatic heterocycles. The first-order valence-corrected chi connectivity index (χ1v) is 9.62. The first-order valence-electron chi connectivity index (χ1n) is 8.81. The molecule has 27 heavy (non-hydrogen) atoms. The summed E-state index contributed by atoms with van der Waals surface area (Å²) in [6.45, 7) is 8.11. The van der Waals surface area contributed by atoms with Crippen LogP contribution in [0.2, 0.25) is 0 Å². The van der Waals surface area contributed by atoms with Gasteiger partial charge in [-0.25, -0.2) is 0 Å². The summed E-state index contributed by atoms with van der Waals surface area (Å²) in [5.74, 6) is -0.670. The van der Waals surface area contributed by atoms with Crippen molar-refractivity contribution in [2.45, 2.75) is 34.2 Å². The maximum Gasteiger partial charge on any atom is 0.326 e. The van der Waals surface area contributed by atoms with E-state index in [1.54, 1.807) is 17.6 Å². The largest absolute Gasteiger partial charge is 0.465 e. The summed E-state index contributed by atoms with van der Waals surface area (Å²) < 4.78 is 7.84. The lowest BCUT2D eigenvalue weighted by atomic mass is 10.1. The SMILES string of the molecule is CCOC(=O)Cn1c(=NC(=O)c2cccc(C)c2)sc2cc(C)c(C)cc21. The van der Waals surface area contributed by atoms with Crippen LogP contribution in [0.5, 0.6) is 0 Å².